The van der Waals surface area contributed by atoms with Crippen LogP contribution < -0.4 is 10.6 Å². The van der Waals surface area contributed by atoms with Crippen molar-refractivity contribution in [3.63, 3.8) is 0 Å². The number of carbonyl (C=O) groups excluding carboxylic acids is 3. The molecule has 0 aromatic heterocycles. The van der Waals surface area contributed by atoms with Gasteiger partial charge in [0.2, 0.25) is 17.6 Å². The normalized spacial score (nSPS) is 30.8. The fraction of sp³-hybridized carbons (Fsp3) is 0.500. The summed E-state index contributed by atoms with van der Waals surface area (Å²) in [5.41, 5.74) is -0.722. The molecule has 0 unspecified atom stereocenters. The first kappa shape index (κ1) is 22.9. The van der Waals surface area contributed by atoms with E-state index in [0.717, 1.165) is 0 Å². The number of ether oxygens (including phenoxy) is 1. The molecule has 4 atom stereocenters. The number of hydrogen-bond donors (Lipinski definition) is 7. The Morgan fingerprint density at radius 1 is 1.03 bits per heavy atom. The lowest BCUT2D eigenvalue weighted by molar-refractivity contribution is -0.248. The van der Waals surface area contributed by atoms with Gasteiger partial charge in [0.05, 0.1) is 13.2 Å². The van der Waals surface area contributed by atoms with Gasteiger partial charge in [-0.05, 0) is 12.0 Å². The minimum absolute atomic E-state index is 0.294. The average Bonchev–Trinajstić information content (AvgIpc) is 2.94. The molecule has 11 heteroatoms. The van der Waals surface area contributed by atoms with E-state index in [1.165, 1.54) is 0 Å². The van der Waals surface area contributed by atoms with E-state index < -0.39 is 60.6 Å². The van der Waals surface area contributed by atoms with Gasteiger partial charge in [-0.15, -0.1) is 0 Å². The molecule has 0 spiro atoms. The van der Waals surface area contributed by atoms with Crippen molar-refractivity contribution in [1.29, 1.82) is 0 Å². The molecule has 4 amide bonds. The zero-order chi connectivity index (χ0) is 21.8. The van der Waals surface area contributed by atoms with Gasteiger partial charge in [0, 0.05) is 0 Å². The Hall–Kier alpha value is -2.41. The Morgan fingerprint density at radius 3 is 1.97 bits per heavy atom. The van der Waals surface area contributed by atoms with E-state index in [4.69, 9.17) is 20.4 Å². The maximum atomic E-state index is 12.0. The lowest BCUT2D eigenvalue weighted by atomic mass is 9.75. The first-order chi connectivity index (χ1) is 13.7. The summed E-state index contributed by atoms with van der Waals surface area (Å²) in [7, 11) is 0. The molecule has 0 radical (unpaired) electrons. The van der Waals surface area contributed by atoms with Gasteiger partial charge in [0.1, 0.15) is 18.3 Å². The van der Waals surface area contributed by atoms with Gasteiger partial charge in [0.25, 0.3) is 0 Å². The minimum Gasteiger partial charge on any atom is -0.394 e. The van der Waals surface area contributed by atoms with E-state index in [0.29, 0.717) is 12.0 Å². The SMILES string of the molecule is CCC1(c2ccccc2)C(=O)NC(=O)NC1=O.OC[C@H]1O[C@](O)(CO)[C@@H](O)[C@@H]1O. The maximum absolute atomic E-state index is 12.0. The number of imide groups is 2. The number of benzene rings is 1. The van der Waals surface area contributed by atoms with Gasteiger partial charge in [-0.1, -0.05) is 37.3 Å². The molecular weight excluding hydrogens is 388 g/mol. The molecule has 2 fully saturated rings. The summed E-state index contributed by atoms with van der Waals surface area (Å²) in [4.78, 5) is 35.0. The van der Waals surface area contributed by atoms with Crippen LogP contribution in [0.1, 0.15) is 18.9 Å². The molecule has 29 heavy (non-hydrogen) atoms. The summed E-state index contributed by atoms with van der Waals surface area (Å²) in [6, 6.07) is 7.96. The first-order valence-corrected chi connectivity index (χ1v) is 8.86. The van der Waals surface area contributed by atoms with Crippen LogP contribution in [-0.4, -0.2) is 80.7 Å². The second-order valence-corrected chi connectivity index (χ2v) is 6.64. The predicted octanol–water partition coefficient (Wildman–Crippen LogP) is -2.52. The van der Waals surface area contributed by atoms with Gasteiger partial charge >= 0.3 is 6.03 Å². The van der Waals surface area contributed by atoms with Crippen LogP contribution in [0.25, 0.3) is 0 Å². The highest BCUT2D eigenvalue weighted by atomic mass is 16.7. The molecular formula is C18H24N2O9. The Labute approximate surface area is 165 Å². The third-order valence-electron chi connectivity index (χ3n) is 4.95. The number of amides is 4. The summed E-state index contributed by atoms with van der Waals surface area (Å²) in [6.45, 7) is 0.379. The van der Waals surface area contributed by atoms with Gasteiger partial charge in [-0.2, -0.15) is 0 Å². The van der Waals surface area contributed by atoms with Crippen LogP contribution in [0.15, 0.2) is 30.3 Å². The number of aliphatic hydroxyl groups is 5. The van der Waals surface area contributed by atoms with Crippen LogP contribution in [0.2, 0.25) is 0 Å². The summed E-state index contributed by atoms with van der Waals surface area (Å²) in [5.74, 6) is -3.30. The number of barbiturate groups is 1. The molecule has 7 N–H and O–H groups in total. The van der Waals surface area contributed by atoms with Crippen molar-refractivity contribution in [1.82, 2.24) is 10.6 Å². The quantitative estimate of drug-likeness (QED) is 0.262. The zero-order valence-corrected chi connectivity index (χ0v) is 15.6. The Balaban J connectivity index is 0.000000221. The fourth-order valence-electron chi connectivity index (χ4n) is 3.21. The van der Waals surface area contributed by atoms with Crippen LogP contribution in [0, 0.1) is 0 Å². The molecule has 2 heterocycles. The minimum atomic E-state index is -2.16. The predicted molar refractivity (Wildman–Crippen MR) is 96.1 cm³/mol. The third-order valence-corrected chi connectivity index (χ3v) is 4.95. The van der Waals surface area contributed by atoms with Crippen molar-refractivity contribution in [2.45, 2.75) is 42.9 Å². The molecule has 2 aliphatic rings. The van der Waals surface area contributed by atoms with Crippen molar-refractivity contribution >= 4 is 17.8 Å². The number of hydrogen-bond acceptors (Lipinski definition) is 9. The van der Waals surface area contributed by atoms with E-state index in [1.807, 2.05) is 0 Å². The van der Waals surface area contributed by atoms with Crippen molar-refractivity contribution in [2.24, 2.45) is 0 Å². The van der Waals surface area contributed by atoms with Crippen molar-refractivity contribution < 1.29 is 44.7 Å². The van der Waals surface area contributed by atoms with E-state index in [9.17, 15) is 19.5 Å². The van der Waals surface area contributed by atoms with Crippen molar-refractivity contribution in [2.75, 3.05) is 13.2 Å². The standard InChI is InChI=1S/C12H12N2O3.C6H12O6/c1-2-12(8-6-4-3-5-7-8)9(15)13-11(17)14-10(12)16;7-1-3-4(9)5(10)6(11,2-8)12-3/h3-7H,2H2,1H3,(H2,13,14,15,16,17);3-5,7-11H,1-2H2/t;3-,4-,5+,6-/m.1/s1. The molecule has 0 saturated carbocycles. The molecule has 3 rings (SSSR count). The van der Waals surface area contributed by atoms with Crippen LogP contribution in [0.4, 0.5) is 4.79 Å². The van der Waals surface area contributed by atoms with Crippen LogP contribution in [-0.2, 0) is 19.7 Å². The van der Waals surface area contributed by atoms with E-state index in [-0.39, 0.29) is 0 Å². The van der Waals surface area contributed by atoms with Crippen molar-refractivity contribution in [3.05, 3.63) is 35.9 Å². The first-order valence-electron chi connectivity index (χ1n) is 8.86. The molecule has 2 aliphatic heterocycles. The number of aliphatic hydroxyl groups excluding tert-OH is 4. The highest BCUT2D eigenvalue weighted by Crippen LogP contribution is 2.30. The summed E-state index contributed by atoms with van der Waals surface area (Å²) in [5, 5.41) is 49.0. The van der Waals surface area contributed by atoms with Gasteiger partial charge in [0.15, 0.2) is 5.41 Å². The van der Waals surface area contributed by atoms with E-state index in [2.05, 4.69) is 15.4 Å². The van der Waals surface area contributed by atoms with Crippen LogP contribution >= 0.6 is 0 Å². The van der Waals surface area contributed by atoms with Crippen LogP contribution in [0.3, 0.4) is 0 Å². The second kappa shape index (κ2) is 8.95. The second-order valence-electron chi connectivity index (χ2n) is 6.64. The molecule has 1 aromatic carbocycles. The summed E-state index contributed by atoms with van der Waals surface area (Å²) in [6.07, 6.45) is -3.74. The largest absolute Gasteiger partial charge is 0.394 e. The Morgan fingerprint density at radius 2 is 1.59 bits per heavy atom. The Bertz CT molecular complexity index is 737. The number of nitrogens with one attached hydrogen (secondary N) is 2. The molecule has 160 valence electrons. The van der Waals surface area contributed by atoms with Crippen molar-refractivity contribution in [3.8, 4) is 0 Å². The molecule has 0 aliphatic carbocycles. The summed E-state index contributed by atoms with van der Waals surface area (Å²) < 4.78 is 4.63. The monoisotopic (exact) mass is 412 g/mol. The van der Waals surface area contributed by atoms with Gasteiger partial charge in [-0.25, -0.2) is 4.79 Å². The molecule has 1 aromatic rings. The van der Waals surface area contributed by atoms with Gasteiger partial charge in [-0.3, -0.25) is 20.2 Å². The highest BCUT2D eigenvalue weighted by Gasteiger charge is 2.53. The number of urea groups is 1. The van der Waals surface area contributed by atoms with E-state index in [1.54, 1.807) is 37.3 Å². The van der Waals surface area contributed by atoms with E-state index >= 15 is 0 Å². The maximum Gasteiger partial charge on any atom is 0.328 e. The highest BCUT2D eigenvalue weighted by molar-refractivity contribution is 6.22. The average molecular weight is 412 g/mol. The zero-order valence-electron chi connectivity index (χ0n) is 15.6. The molecule has 0 bridgehead atoms. The van der Waals surface area contributed by atoms with Gasteiger partial charge < -0.3 is 30.3 Å². The smallest absolute Gasteiger partial charge is 0.328 e. The molecule has 11 nitrogen and oxygen atoms in total. The summed E-state index contributed by atoms with van der Waals surface area (Å²) >= 11 is 0. The third kappa shape index (κ3) is 4.15. The fourth-order valence-corrected chi connectivity index (χ4v) is 3.21. The molecule has 2 saturated heterocycles. The van der Waals surface area contributed by atoms with Crippen LogP contribution in [0.5, 0.6) is 0 Å². The topological polar surface area (TPSA) is 186 Å². The lowest BCUT2D eigenvalue weighted by Gasteiger charge is -2.33. The lowest BCUT2D eigenvalue weighted by Crippen LogP contribution is -2.64. The number of carbonyl (C=O) groups is 3. The Kier molecular flexibility index (Phi) is 7.06. The number of rotatable bonds is 4.